The lowest BCUT2D eigenvalue weighted by atomic mass is 10.2. The summed E-state index contributed by atoms with van der Waals surface area (Å²) in [5.41, 5.74) is 1.65. The molecule has 0 aromatic heterocycles. The average Bonchev–Trinajstić information content (AvgIpc) is 2.73. The summed E-state index contributed by atoms with van der Waals surface area (Å²) in [7, 11) is 0. The Hall–Kier alpha value is -4.21. The van der Waals surface area contributed by atoms with Gasteiger partial charge in [0.2, 0.25) is 11.8 Å². The number of carbonyl (C=O) groups is 5. The second-order valence-corrected chi connectivity index (χ2v) is 6.24. The molecule has 0 heterocycles. The summed E-state index contributed by atoms with van der Waals surface area (Å²) in [4.78, 5) is 58.4. The van der Waals surface area contributed by atoms with Crippen molar-refractivity contribution in [1.29, 1.82) is 0 Å². The van der Waals surface area contributed by atoms with E-state index >= 15 is 0 Å². The molecule has 0 fully saturated rings. The van der Waals surface area contributed by atoms with Crippen LogP contribution in [-0.2, 0) is 23.9 Å². The largest absolute Gasteiger partial charge is 0.462 e. The molecule has 0 aliphatic heterocycles. The number of anilines is 3. The van der Waals surface area contributed by atoms with Crippen LogP contribution in [0.2, 0.25) is 0 Å². The lowest BCUT2D eigenvalue weighted by Crippen LogP contribution is -2.39. The molecule has 0 aliphatic rings. The maximum absolute atomic E-state index is 12.0. The van der Waals surface area contributed by atoms with Crippen molar-refractivity contribution >= 4 is 46.7 Å². The van der Waals surface area contributed by atoms with Crippen molar-refractivity contribution in [3.05, 3.63) is 54.1 Å². The van der Waals surface area contributed by atoms with Crippen molar-refractivity contribution in [1.82, 2.24) is 5.32 Å². The smallest absolute Gasteiger partial charge is 0.338 e. The number of benzene rings is 2. The van der Waals surface area contributed by atoms with Gasteiger partial charge in [-0.3, -0.25) is 19.2 Å². The minimum atomic E-state index is -0.987. The predicted octanol–water partition coefficient (Wildman–Crippen LogP) is 1.52. The summed E-state index contributed by atoms with van der Waals surface area (Å²) in [5.74, 6) is -3.19. The molecule has 10 heteroatoms. The van der Waals surface area contributed by atoms with Gasteiger partial charge in [-0.2, -0.15) is 0 Å². The molecule has 0 spiro atoms. The van der Waals surface area contributed by atoms with E-state index in [-0.39, 0.29) is 12.5 Å². The van der Waals surface area contributed by atoms with Crippen LogP contribution in [0.4, 0.5) is 17.1 Å². The van der Waals surface area contributed by atoms with Gasteiger partial charge < -0.3 is 26.0 Å². The summed E-state index contributed by atoms with van der Waals surface area (Å²) in [6, 6.07) is 12.2. The van der Waals surface area contributed by atoms with Crippen molar-refractivity contribution in [2.45, 2.75) is 13.8 Å². The zero-order valence-electron chi connectivity index (χ0n) is 17.0. The molecule has 0 aliphatic carbocycles. The predicted molar refractivity (Wildman–Crippen MR) is 113 cm³/mol. The molecular formula is C21H22N4O6. The van der Waals surface area contributed by atoms with Gasteiger partial charge in [-0.15, -0.1) is 0 Å². The monoisotopic (exact) mass is 426 g/mol. The fourth-order valence-corrected chi connectivity index (χ4v) is 2.38. The Kier molecular flexibility index (Phi) is 8.26. The number of carbonyl (C=O) groups excluding carboxylic acids is 5. The van der Waals surface area contributed by atoms with Crippen LogP contribution in [0, 0.1) is 0 Å². The minimum absolute atomic E-state index is 0.232. The molecular weight excluding hydrogens is 404 g/mol. The van der Waals surface area contributed by atoms with E-state index in [0.29, 0.717) is 22.6 Å². The van der Waals surface area contributed by atoms with Crippen LogP contribution >= 0.6 is 0 Å². The van der Waals surface area contributed by atoms with Crippen LogP contribution in [0.1, 0.15) is 24.2 Å². The Labute approximate surface area is 178 Å². The number of esters is 1. The maximum Gasteiger partial charge on any atom is 0.338 e. The van der Waals surface area contributed by atoms with Crippen LogP contribution in [-0.4, -0.2) is 42.7 Å². The van der Waals surface area contributed by atoms with Crippen LogP contribution < -0.4 is 21.3 Å². The highest BCUT2D eigenvalue weighted by Gasteiger charge is 2.15. The van der Waals surface area contributed by atoms with Crippen molar-refractivity contribution in [3.63, 3.8) is 0 Å². The second kappa shape index (κ2) is 11.1. The van der Waals surface area contributed by atoms with Gasteiger partial charge in [-0.05, 0) is 55.5 Å². The summed E-state index contributed by atoms with van der Waals surface area (Å²) in [5, 5.41) is 9.71. The summed E-state index contributed by atoms with van der Waals surface area (Å²) >= 11 is 0. The van der Waals surface area contributed by atoms with Crippen molar-refractivity contribution < 1.29 is 28.7 Å². The topological polar surface area (TPSA) is 143 Å². The fraction of sp³-hybridized carbons (Fsp3) is 0.190. The normalized spacial score (nSPS) is 9.87. The average molecular weight is 426 g/mol. The van der Waals surface area contributed by atoms with Crippen LogP contribution in [0.5, 0.6) is 0 Å². The van der Waals surface area contributed by atoms with Crippen LogP contribution in [0.25, 0.3) is 0 Å². The van der Waals surface area contributed by atoms with Gasteiger partial charge in [0.15, 0.2) is 0 Å². The SMILES string of the molecule is CCOC(=O)c1ccc(NC(=O)CNC(=O)C(=O)Nc2ccc(NC(C)=O)cc2)cc1. The molecule has 2 rings (SSSR count). The molecule has 0 saturated carbocycles. The quantitative estimate of drug-likeness (QED) is 0.390. The third kappa shape index (κ3) is 7.61. The number of amides is 4. The van der Waals surface area contributed by atoms with E-state index in [2.05, 4.69) is 21.3 Å². The Balaban J connectivity index is 1.79. The molecule has 0 saturated heterocycles. The molecule has 0 unspecified atom stereocenters. The maximum atomic E-state index is 12.0. The van der Waals surface area contributed by atoms with E-state index in [0.717, 1.165) is 0 Å². The zero-order chi connectivity index (χ0) is 22.8. The number of hydrogen-bond donors (Lipinski definition) is 4. The summed E-state index contributed by atoms with van der Waals surface area (Å²) in [6.07, 6.45) is 0. The number of rotatable bonds is 7. The molecule has 0 radical (unpaired) electrons. The highest BCUT2D eigenvalue weighted by Crippen LogP contribution is 2.13. The Morgan fingerprint density at radius 2 is 1.26 bits per heavy atom. The van der Waals surface area contributed by atoms with E-state index < -0.39 is 30.2 Å². The molecule has 4 amide bonds. The van der Waals surface area contributed by atoms with E-state index in [9.17, 15) is 24.0 Å². The van der Waals surface area contributed by atoms with Gasteiger partial charge >= 0.3 is 17.8 Å². The lowest BCUT2D eigenvalue weighted by molar-refractivity contribution is -0.136. The highest BCUT2D eigenvalue weighted by atomic mass is 16.5. The van der Waals surface area contributed by atoms with Gasteiger partial charge in [-0.1, -0.05) is 0 Å². The van der Waals surface area contributed by atoms with Crippen molar-refractivity contribution in [2.24, 2.45) is 0 Å². The molecule has 10 nitrogen and oxygen atoms in total. The Morgan fingerprint density at radius 3 is 1.81 bits per heavy atom. The lowest BCUT2D eigenvalue weighted by Gasteiger charge is -2.09. The first-order valence-corrected chi connectivity index (χ1v) is 9.32. The highest BCUT2D eigenvalue weighted by molar-refractivity contribution is 6.39. The Bertz CT molecular complexity index is 970. The Morgan fingerprint density at radius 1 is 0.742 bits per heavy atom. The second-order valence-electron chi connectivity index (χ2n) is 6.24. The first kappa shape index (κ1) is 23.1. The van der Waals surface area contributed by atoms with E-state index in [1.807, 2.05) is 0 Å². The number of hydrogen-bond acceptors (Lipinski definition) is 6. The van der Waals surface area contributed by atoms with Gasteiger partial charge in [0.05, 0.1) is 18.7 Å². The molecule has 4 N–H and O–H groups in total. The van der Waals surface area contributed by atoms with Gasteiger partial charge in [-0.25, -0.2) is 4.79 Å². The van der Waals surface area contributed by atoms with E-state index in [1.165, 1.54) is 43.3 Å². The molecule has 2 aromatic rings. The molecule has 31 heavy (non-hydrogen) atoms. The molecule has 0 atom stereocenters. The molecule has 0 bridgehead atoms. The van der Waals surface area contributed by atoms with Gasteiger partial charge in [0.1, 0.15) is 0 Å². The minimum Gasteiger partial charge on any atom is -0.462 e. The standard InChI is InChI=1S/C21H22N4O6/c1-3-31-21(30)14-4-6-16(7-5-14)24-18(27)12-22-19(28)20(29)25-17-10-8-15(9-11-17)23-13(2)26/h4-11H,3,12H2,1-2H3,(H,22,28)(H,23,26)(H,24,27)(H,25,29). The molecule has 2 aromatic carbocycles. The summed E-state index contributed by atoms with van der Waals surface area (Å²) < 4.78 is 4.87. The molecule has 162 valence electrons. The van der Waals surface area contributed by atoms with Crippen molar-refractivity contribution in [3.8, 4) is 0 Å². The first-order chi connectivity index (χ1) is 14.8. The first-order valence-electron chi connectivity index (χ1n) is 9.32. The number of ether oxygens (including phenoxy) is 1. The van der Waals surface area contributed by atoms with Crippen LogP contribution in [0.3, 0.4) is 0 Å². The van der Waals surface area contributed by atoms with Gasteiger partial charge in [0.25, 0.3) is 0 Å². The van der Waals surface area contributed by atoms with E-state index in [1.54, 1.807) is 19.1 Å². The zero-order valence-corrected chi connectivity index (χ0v) is 17.0. The van der Waals surface area contributed by atoms with E-state index in [4.69, 9.17) is 4.74 Å². The summed E-state index contributed by atoms with van der Waals surface area (Å²) in [6.45, 7) is 2.90. The third-order valence-corrected chi connectivity index (χ3v) is 3.76. The van der Waals surface area contributed by atoms with Gasteiger partial charge in [0, 0.05) is 24.0 Å². The third-order valence-electron chi connectivity index (χ3n) is 3.76. The number of nitrogens with one attached hydrogen (secondary N) is 4. The van der Waals surface area contributed by atoms with Crippen molar-refractivity contribution in [2.75, 3.05) is 29.1 Å². The van der Waals surface area contributed by atoms with Crippen LogP contribution in [0.15, 0.2) is 48.5 Å². The fourth-order valence-electron chi connectivity index (χ4n) is 2.38.